The number of hydrogen-bond acceptors (Lipinski definition) is 3. The summed E-state index contributed by atoms with van der Waals surface area (Å²) in [6.07, 6.45) is 2.23. The Morgan fingerprint density at radius 2 is 2.07 bits per heavy atom. The molecule has 0 aromatic carbocycles. The summed E-state index contributed by atoms with van der Waals surface area (Å²) < 4.78 is 0. The molecule has 0 fully saturated rings. The molecule has 0 heterocycles. The topological polar surface area (TPSA) is 37.3 Å². The van der Waals surface area contributed by atoms with Crippen LogP contribution < -0.4 is 0 Å². The second kappa shape index (κ2) is 7.07. The van der Waals surface area contributed by atoms with Crippen LogP contribution in [0.2, 0.25) is 0 Å². The molecule has 0 amide bonds. The molecule has 2 atom stereocenters. The van der Waals surface area contributed by atoms with Crippen LogP contribution in [-0.2, 0) is 4.79 Å². The SMILES string of the molecule is CC/C=C(\C)C(O)C(C)C(=O)SCC. The van der Waals surface area contributed by atoms with Gasteiger partial charge in [-0.2, -0.15) is 0 Å². The summed E-state index contributed by atoms with van der Waals surface area (Å²) in [5.41, 5.74) is 0.894. The number of allylic oxidation sites excluding steroid dienone is 1. The molecule has 0 aromatic rings. The van der Waals surface area contributed by atoms with E-state index in [1.165, 1.54) is 11.8 Å². The molecule has 0 aliphatic heterocycles. The molecule has 1 N–H and O–H groups in total. The van der Waals surface area contributed by atoms with Crippen molar-refractivity contribution in [3.63, 3.8) is 0 Å². The van der Waals surface area contributed by atoms with E-state index in [2.05, 4.69) is 0 Å². The van der Waals surface area contributed by atoms with Gasteiger partial charge in [-0.25, -0.2) is 0 Å². The van der Waals surface area contributed by atoms with Gasteiger partial charge in [-0.15, -0.1) is 0 Å². The first-order chi connectivity index (χ1) is 6.54. The second-order valence-electron chi connectivity index (χ2n) is 3.34. The molecule has 0 radical (unpaired) electrons. The van der Waals surface area contributed by atoms with Gasteiger partial charge < -0.3 is 5.11 Å². The summed E-state index contributed by atoms with van der Waals surface area (Å²) in [4.78, 5) is 11.5. The summed E-state index contributed by atoms with van der Waals surface area (Å²) >= 11 is 1.28. The van der Waals surface area contributed by atoms with Gasteiger partial charge in [-0.3, -0.25) is 4.79 Å². The Hall–Kier alpha value is -0.280. The Morgan fingerprint density at radius 1 is 1.50 bits per heavy atom. The van der Waals surface area contributed by atoms with Gasteiger partial charge >= 0.3 is 0 Å². The first-order valence-electron chi connectivity index (χ1n) is 5.05. The fraction of sp³-hybridized carbons (Fsp3) is 0.727. The first kappa shape index (κ1) is 13.7. The maximum absolute atomic E-state index is 11.5. The molecule has 0 saturated heterocycles. The van der Waals surface area contributed by atoms with E-state index >= 15 is 0 Å². The number of aliphatic hydroxyl groups is 1. The third-order valence-electron chi connectivity index (χ3n) is 2.12. The molecule has 3 heteroatoms. The average Bonchev–Trinajstić information content (AvgIpc) is 2.16. The lowest BCUT2D eigenvalue weighted by Gasteiger charge is -2.17. The lowest BCUT2D eigenvalue weighted by Crippen LogP contribution is -2.25. The molecule has 2 unspecified atom stereocenters. The van der Waals surface area contributed by atoms with Crippen LogP contribution in [0.5, 0.6) is 0 Å². The standard InChI is InChI=1S/C11H20O2S/c1-5-7-8(3)10(12)9(4)11(13)14-6-2/h7,9-10,12H,5-6H2,1-4H3/b8-7+. The average molecular weight is 216 g/mol. The van der Waals surface area contributed by atoms with Crippen LogP contribution in [0, 0.1) is 5.92 Å². The molecule has 0 spiro atoms. The van der Waals surface area contributed by atoms with E-state index in [-0.39, 0.29) is 11.0 Å². The Kier molecular flexibility index (Phi) is 6.93. The zero-order chi connectivity index (χ0) is 11.1. The summed E-state index contributed by atoms with van der Waals surface area (Å²) in [7, 11) is 0. The normalized spacial score (nSPS) is 16.5. The van der Waals surface area contributed by atoms with Crippen LogP contribution in [-0.4, -0.2) is 22.1 Å². The van der Waals surface area contributed by atoms with E-state index in [0.717, 1.165) is 17.7 Å². The monoisotopic (exact) mass is 216 g/mol. The van der Waals surface area contributed by atoms with Gasteiger partial charge in [0.05, 0.1) is 12.0 Å². The molecule has 82 valence electrons. The first-order valence-corrected chi connectivity index (χ1v) is 6.04. The highest BCUT2D eigenvalue weighted by Gasteiger charge is 2.22. The van der Waals surface area contributed by atoms with Crippen molar-refractivity contribution in [1.29, 1.82) is 0 Å². The Balaban J connectivity index is 4.30. The number of hydrogen-bond donors (Lipinski definition) is 1. The molecule has 14 heavy (non-hydrogen) atoms. The molecular formula is C11H20O2S. The summed E-state index contributed by atoms with van der Waals surface area (Å²) in [6, 6.07) is 0. The highest BCUT2D eigenvalue weighted by molar-refractivity contribution is 8.13. The molecule has 0 saturated carbocycles. The molecule has 0 bridgehead atoms. The zero-order valence-corrected chi connectivity index (χ0v) is 10.2. The van der Waals surface area contributed by atoms with E-state index in [4.69, 9.17) is 0 Å². The Morgan fingerprint density at radius 3 is 2.50 bits per heavy atom. The van der Waals surface area contributed by atoms with Crippen molar-refractivity contribution in [2.75, 3.05) is 5.75 Å². The predicted molar refractivity (Wildman–Crippen MR) is 62.4 cm³/mol. The van der Waals surface area contributed by atoms with Crippen LogP contribution in [0.4, 0.5) is 0 Å². The van der Waals surface area contributed by atoms with Crippen LogP contribution >= 0.6 is 11.8 Å². The summed E-state index contributed by atoms with van der Waals surface area (Å²) in [5, 5.41) is 9.88. The number of carbonyl (C=O) groups is 1. The fourth-order valence-corrected chi connectivity index (χ4v) is 1.92. The van der Waals surface area contributed by atoms with E-state index < -0.39 is 6.10 Å². The minimum absolute atomic E-state index is 0.0730. The molecule has 0 aromatic heterocycles. The van der Waals surface area contributed by atoms with Crippen molar-refractivity contribution in [1.82, 2.24) is 0 Å². The van der Waals surface area contributed by atoms with Crippen LogP contribution in [0.15, 0.2) is 11.6 Å². The minimum atomic E-state index is -0.624. The van der Waals surface area contributed by atoms with Gasteiger partial charge in [0.25, 0.3) is 0 Å². The van der Waals surface area contributed by atoms with Crippen molar-refractivity contribution < 1.29 is 9.90 Å². The lowest BCUT2D eigenvalue weighted by molar-refractivity contribution is -0.116. The Labute approximate surface area is 90.8 Å². The second-order valence-corrected chi connectivity index (χ2v) is 4.61. The van der Waals surface area contributed by atoms with E-state index in [0.29, 0.717) is 0 Å². The fourth-order valence-electron chi connectivity index (χ4n) is 1.24. The van der Waals surface area contributed by atoms with Gasteiger partial charge in [0.15, 0.2) is 5.12 Å². The van der Waals surface area contributed by atoms with Crippen molar-refractivity contribution in [3.05, 3.63) is 11.6 Å². The molecule has 0 rings (SSSR count). The van der Waals surface area contributed by atoms with E-state index in [1.807, 2.05) is 26.8 Å². The minimum Gasteiger partial charge on any atom is -0.388 e. The number of aliphatic hydroxyl groups excluding tert-OH is 1. The number of carbonyl (C=O) groups excluding carboxylic acids is 1. The smallest absolute Gasteiger partial charge is 0.194 e. The predicted octanol–water partition coefficient (Wildman–Crippen LogP) is 2.62. The Bertz CT molecular complexity index is 211. The zero-order valence-electron chi connectivity index (χ0n) is 9.41. The number of rotatable bonds is 5. The van der Waals surface area contributed by atoms with E-state index in [1.54, 1.807) is 6.92 Å². The van der Waals surface area contributed by atoms with Crippen molar-refractivity contribution >= 4 is 16.9 Å². The molecular weight excluding hydrogens is 196 g/mol. The molecule has 0 aliphatic carbocycles. The van der Waals surface area contributed by atoms with Gasteiger partial charge in [-0.05, 0) is 24.7 Å². The molecule has 2 nitrogen and oxygen atoms in total. The highest BCUT2D eigenvalue weighted by Crippen LogP contribution is 2.19. The van der Waals surface area contributed by atoms with Crippen molar-refractivity contribution in [3.8, 4) is 0 Å². The van der Waals surface area contributed by atoms with Gasteiger partial charge in [0.1, 0.15) is 0 Å². The van der Waals surface area contributed by atoms with Crippen molar-refractivity contribution in [2.45, 2.75) is 40.2 Å². The van der Waals surface area contributed by atoms with Crippen LogP contribution in [0.25, 0.3) is 0 Å². The lowest BCUT2D eigenvalue weighted by atomic mass is 9.99. The largest absolute Gasteiger partial charge is 0.388 e. The third kappa shape index (κ3) is 4.29. The maximum atomic E-state index is 11.5. The maximum Gasteiger partial charge on any atom is 0.194 e. The summed E-state index contributed by atoms with van der Waals surface area (Å²) in [6.45, 7) is 7.61. The summed E-state index contributed by atoms with van der Waals surface area (Å²) in [5.74, 6) is 0.467. The van der Waals surface area contributed by atoms with Crippen molar-refractivity contribution in [2.24, 2.45) is 5.92 Å². The van der Waals surface area contributed by atoms with E-state index in [9.17, 15) is 9.90 Å². The van der Waals surface area contributed by atoms with Crippen LogP contribution in [0.3, 0.4) is 0 Å². The number of thioether (sulfide) groups is 1. The van der Waals surface area contributed by atoms with Gasteiger partial charge in [0.2, 0.25) is 0 Å². The molecule has 0 aliphatic rings. The third-order valence-corrected chi connectivity index (χ3v) is 3.07. The van der Waals surface area contributed by atoms with Gasteiger partial charge in [-0.1, -0.05) is 38.6 Å². The highest BCUT2D eigenvalue weighted by atomic mass is 32.2. The van der Waals surface area contributed by atoms with Gasteiger partial charge in [0, 0.05) is 0 Å². The quantitative estimate of drug-likeness (QED) is 0.718. The van der Waals surface area contributed by atoms with Crippen LogP contribution in [0.1, 0.15) is 34.1 Å².